The minimum atomic E-state index is -0.929. The van der Waals surface area contributed by atoms with Crippen LogP contribution in [0, 0.1) is 0 Å². The van der Waals surface area contributed by atoms with Crippen molar-refractivity contribution in [1.82, 2.24) is 0 Å². The van der Waals surface area contributed by atoms with Gasteiger partial charge in [0.05, 0.1) is 0 Å². The Morgan fingerprint density at radius 3 is 2.33 bits per heavy atom. The SMILES string of the molecule is CC1(O)C=C(c2ccccc2)c2ccc3ccccc3c21. The fourth-order valence-corrected chi connectivity index (χ4v) is 3.33. The summed E-state index contributed by atoms with van der Waals surface area (Å²) in [7, 11) is 0. The van der Waals surface area contributed by atoms with Crippen molar-refractivity contribution in [3.63, 3.8) is 0 Å². The summed E-state index contributed by atoms with van der Waals surface area (Å²) in [6.07, 6.45) is 1.97. The van der Waals surface area contributed by atoms with Crippen LogP contribution in [-0.2, 0) is 5.60 Å². The van der Waals surface area contributed by atoms with E-state index < -0.39 is 5.60 Å². The highest BCUT2D eigenvalue weighted by atomic mass is 16.3. The summed E-state index contributed by atoms with van der Waals surface area (Å²) in [5.41, 5.74) is 3.47. The Hall–Kier alpha value is -2.38. The third-order valence-electron chi connectivity index (χ3n) is 4.24. The molecule has 0 spiro atoms. The van der Waals surface area contributed by atoms with Crippen LogP contribution < -0.4 is 0 Å². The zero-order valence-corrected chi connectivity index (χ0v) is 11.9. The maximum absolute atomic E-state index is 10.9. The van der Waals surface area contributed by atoms with E-state index in [1.54, 1.807) is 0 Å². The second-order valence-electron chi connectivity index (χ2n) is 5.78. The van der Waals surface area contributed by atoms with Gasteiger partial charge in [0.1, 0.15) is 5.60 Å². The lowest BCUT2D eigenvalue weighted by atomic mass is 9.91. The summed E-state index contributed by atoms with van der Waals surface area (Å²) in [5, 5.41) is 13.2. The van der Waals surface area contributed by atoms with Crippen LogP contribution in [-0.4, -0.2) is 5.11 Å². The van der Waals surface area contributed by atoms with Gasteiger partial charge < -0.3 is 5.11 Å². The van der Waals surface area contributed by atoms with Crippen molar-refractivity contribution in [3.05, 3.63) is 89.5 Å². The average molecular weight is 272 g/mol. The first-order valence-corrected chi connectivity index (χ1v) is 7.20. The van der Waals surface area contributed by atoms with Gasteiger partial charge in [-0.15, -0.1) is 0 Å². The van der Waals surface area contributed by atoms with Crippen molar-refractivity contribution >= 4 is 16.3 Å². The third-order valence-corrected chi connectivity index (χ3v) is 4.24. The van der Waals surface area contributed by atoms with Crippen LogP contribution in [0.1, 0.15) is 23.6 Å². The molecule has 1 nitrogen and oxygen atoms in total. The van der Waals surface area contributed by atoms with E-state index in [9.17, 15) is 5.11 Å². The Labute approximate surface area is 124 Å². The number of fused-ring (bicyclic) bond motifs is 3. The molecule has 102 valence electrons. The van der Waals surface area contributed by atoms with Crippen molar-refractivity contribution < 1.29 is 5.11 Å². The highest BCUT2D eigenvalue weighted by Gasteiger charge is 2.33. The topological polar surface area (TPSA) is 20.2 Å². The van der Waals surface area contributed by atoms with E-state index in [0.717, 1.165) is 27.6 Å². The monoisotopic (exact) mass is 272 g/mol. The summed E-state index contributed by atoms with van der Waals surface area (Å²) in [5.74, 6) is 0. The van der Waals surface area contributed by atoms with Crippen molar-refractivity contribution in [1.29, 1.82) is 0 Å². The minimum Gasteiger partial charge on any atom is -0.381 e. The van der Waals surface area contributed by atoms with E-state index in [1.807, 2.05) is 43.3 Å². The first kappa shape index (κ1) is 12.4. The van der Waals surface area contributed by atoms with Gasteiger partial charge in [-0.1, -0.05) is 66.7 Å². The fraction of sp³-hybridized carbons (Fsp3) is 0.100. The van der Waals surface area contributed by atoms with Crippen LogP contribution >= 0.6 is 0 Å². The minimum absolute atomic E-state index is 0.929. The lowest BCUT2D eigenvalue weighted by Gasteiger charge is -2.18. The highest BCUT2D eigenvalue weighted by molar-refractivity contribution is 5.97. The Kier molecular flexibility index (Phi) is 2.54. The van der Waals surface area contributed by atoms with Gasteiger partial charge in [-0.3, -0.25) is 0 Å². The molecule has 1 aliphatic carbocycles. The van der Waals surface area contributed by atoms with Gasteiger partial charge in [0.15, 0.2) is 0 Å². The standard InChI is InChI=1S/C20H16O/c1-20(21)13-18(14-7-3-2-4-8-14)17-12-11-15-9-5-6-10-16(15)19(17)20/h2-13,21H,1H3. The molecule has 1 unspecified atom stereocenters. The molecule has 1 heteroatoms. The molecule has 3 aromatic rings. The van der Waals surface area contributed by atoms with E-state index in [-0.39, 0.29) is 0 Å². The Morgan fingerprint density at radius 1 is 0.810 bits per heavy atom. The van der Waals surface area contributed by atoms with Crippen molar-refractivity contribution in [2.75, 3.05) is 0 Å². The van der Waals surface area contributed by atoms with Crippen LogP contribution in [0.4, 0.5) is 0 Å². The number of benzene rings is 3. The van der Waals surface area contributed by atoms with E-state index in [4.69, 9.17) is 0 Å². The first-order valence-electron chi connectivity index (χ1n) is 7.20. The predicted molar refractivity (Wildman–Crippen MR) is 87.0 cm³/mol. The first-order chi connectivity index (χ1) is 10.2. The summed E-state index contributed by atoms with van der Waals surface area (Å²) < 4.78 is 0. The molecule has 1 aliphatic rings. The highest BCUT2D eigenvalue weighted by Crippen LogP contribution is 2.45. The molecule has 0 saturated carbocycles. The number of rotatable bonds is 1. The van der Waals surface area contributed by atoms with E-state index in [0.29, 0.717) is 0 Å². The van der Waals surface area contributed by atoms with Gasteiger partial charge in [-0.25, -0.2) is 0 Å². The molecule has 0 bridgehead atoms. The van der Waals surface area contributed by atoms with Crippen molar-refractivity contribution in [2.45, 2.75) is 12.5 Å². The second kappa shape index (κ2) is 4.31. The van der Waals surface area contributed by atoms with Crippen LogP contribution in [0.3, 0.4) is 0 Å². The van der Waals surface area contributed by atoms with Gasteiger partial charge in [0, 0.05) is 5.56 Å². The Bertz CT molecular complexity index is 857. The van der Waals surface area contributed by atoms with Crippen molar-refractivity contribution in [3.8, 4) is 0 Å². The fourth-order valence-electron chi connectivity index (χ4n) is 3.33. The third kappa shape index (κ3) is 1.82. The molecular formula is C20H16O. The van der Waals surface area contributed by atoms with Gasteiger partial charge in [0.25, 0.3) is 0 Å². The van der Waals surface area contributed by atoms with Crippen molar-refractivity contribution in [2.24, 2.45) is 0 Å². The van der Waals surface area contributed by atoms with E-state index in [1.165, 1.54) is 5.39 Å². The van der Waals surface area contributed by atoms with E-state index >= 15 is 0 Å². The Morgan fingerprint density at radius 2 is 1.52 bits per heavy atom. The van der Waals surface area contributed by atoms with Gasteiger partial charge in [-0.05, 0) is 40.5 Å². The van der Waals surface area contributed by atoms with Gasteiger partial charge in [0.2, 0.25) is 0 Å². The summed E-state index contributed by atoms with van der Waals surface area (Å²) >= 11 is 0. The maximum atomic E-state index is 10.9. The quantitative estimate of drug-likeness (QED) is 0.692. The van der Waals surface area contributed by atoms with E-state index in [2.05, 4.69) is 36.4 Å². The number of aliphatic hydroxyl groups is 1. The van der Waals surface area contributed by atoms with Crippen LogP contribution in [0.5, 0.6) is 0 Å². The normalized spacial score (nSPS) is 20.4. The molecule has 0 aromatic heterocycles. The lowest BCUT2D eigenvalue weighted by molar-refractivity contribution is 0.116. The molecule has 21 heavy (non-hydrogen) atoms. The molecule has 0 amide bonds. The average Bonchev–Trinajstić information content (AvgIpc) is 2.80. The maximum Gasteiger partial charge on any atom is 0.107 e. The molecule has 3 aromatic carbocycles. The molecule has 0 aliphatic heterocycles. The molecule has 1 N–H and O–H groups in total. The lowest BCUT2D eigenvalue weighted by Crippen LogP contribution is -2.15. The van der Waals surface area contributed by atoms with Crippen LogP contribution in [0.15, 0.2) is 72.8 Å². The molecule has 0 radical (unpaired) electrons. The molecule has 0 heterocycles. The molecular weight excluding hydrogens is 256 g/mol. The van der Waals surface area contributed by atoms with Gasteiger partial charge >= 0.3 is 0 Å². The molecule has 1 atom stereocenters. The molecule has 0 saturated heterocycles. The molecule has 0 fully saturated rings. The zero-order valence-electron chi connectivity index (χ0n) is 11.9. The summed E-state index contributed by atoms with van der Waals surface area (Å²) in [6.45, 7) is 1.87. The van der Waals surface area contributed by atoms with Crippen LogP contribution in [0.2, 0.25) is 0 Å². The largest absolute Gasteiger partial charge is 0.381 e. The zero-order chi connectivity index (χ0) is 14.4. The molecule has 4 rings (SSSR count). The summed E-state index contributed by atoms with van der Waals surface area (Å²) in [4.78, 5) is 0. The number of hydrogen-bond acceptors (Lipinski definition) is 1. The number of hydrogen-bond donors (Lipinski definition) is 1. The second-order valence-corrected chi connectivity index (χ2v) is 5.78. The Balaban J connectivity index is 2.04. The smallest absolute Gasteiger partial charge is 0.107 e. The van der Waals surface area contributed by atoms with Crippen LogP contribution in [0.25, 0.3) is 16.3 Å². The summed E-state index contributed by atoms with van der Waals surface area (Å²) in [6, 6.07) is 22.7. The predicted octanol–water partition coefficient (Wildman–Crippen LogP) is 4.49. The van der Waals surface area contributed by atoms with Gasteiger partial charge in [-0.2, -0.15) is 0 Å².